The smallest absolute Gasteiger partial charge is 0.285 e. The van der Waals surface area contributed by atoms with Crippen molar-refractivity contribution in [1.82, 2.24) is 24.8 Å². The molecule has 0 spiro atoms. The lowest BCUT2D eigenvalue weighted by Crippen LogP contribution is -2.47. The summed E-state index contributed by atoms with van der Waals surface area (Å²) < 4.78 is 31.4. The number of benzene rings is 2. The minimum atomic E-state index is -2.89. The van der Waals surface area contributed by atoms with E-state index in [9.17, 15) is 8.78 Å². The molecule has 1 saturated heterocycles. The molecule has 1 fully saturated rings. The molecule has 3 heterocycles. The zero-order valence-corrected chi connectivity index (χ0v) is 20.2. The Hall–Kier alpha value is -2.81. The van der Waals surface area contributed by atoms with Crippen LogP contribution in [0.4, 0.5) is 8.78 Å². The normalized spacial score (nSPS) is 15.3. The lowest BCUT2D eigenvalue weighted by molar-refractivity contribution is -0.0400. The van der Waals surface area contributed by atoms with Crippen molar-refractivity contribution in [3.05, 3.63) is 72.7 Å². The number of nitrogens with one attached hydrogen (secondary N) is 1. The van der Waals surface area contributed by atoms with Gasteiger partial charge in [0.25, 0.3) is 5.92 Å². The number of hydrogen-bond acceptors (Lipinski definition) is 4. The van der Waals surface area contributed by atoms with Gasteiger partial charge in [-0.2, -0.15) is 13.9 Å². The largest absolute Gasteiger partial charge is 0.314 e. The lowest BCUT2D eigenvalue weighted by atomic mass is 10.0. The molecule has 1 N–H and O–H groups in total. The third-order valence-electron chi connectivity index (χ3n) is 6.25. The molecule has 34 heavy (non-hydrogen) atoms. The van der Waals surface area contributed by atoms with Crippen LogP contribution < -0.4 is 5.32 Å². The summed E-state index contributed by atoms with van der Waals surface area (Å²) in [6.45, 7) is 2.54. The number of aromatic nitrogens is 3. The first-order valence-electron chi connectivity index (χ1n) is 11.3. The fourth-order valence-corrected chi connectivity index (χ4v) is 5.01. The van der Waals surface area contributed by atoms with Gasteiger partial charge in [0.1, 0.15) is 12.5 Å². The first kappa shape index (κ1) is 23.0. The van der Waals surface area contributed by atoms with Crippen LogP contribution in [0.25, 0.3) is 27.9 Å². The van der Waals surface area contributed by atoms with Crippen molar-refractivity contribution in [2.75, 3.05) is 45.2 Å². The van der Waals surface area contributed by atoms with Crippen molar-refractivity contribution in [3.63, 3.8) is 0 Å². The van der Waals surface area contributed by atoms with Crippen molar-refractivity contribution < 1.29 is 8.78 Å². The van der Waals surface area contributed by atoms with Gasteiger partial charge in [-0.3, -0.25) is 4.90 Å². The number of alkyl halides is 2. The van der Waals surface area contributed by atoms with Crippen LogP contribution in [0.1, 0.15) is 5.56 Å². The van der Waals surface area contributed by atoms with E-state index in [1.165, 1.54) is 17.0 Å². The van der Waals surface area contributed by atoms with Crippen molar-refractivity contribution in [2.24, 2.45) is 0 Å². The number of fused-ring (bicyclic) bond motifs is 1. The van der Waals surface area contributed by atoms with Gasteiger partial charge in [-0.25, -0.2) is 9.50 Å². The predicted octanol–water partition coefficient (Wildman–Crippen LogP) is 4.30. The van der Waals surface area contributed by atoms with E-state index >= 15 is 0 Å². The second-order valence-corrected chi connectivity index (χ2v) is 10.9. The molecule has 176 valence electrons. The van der Waals surface area contributed by atoms with Crippen molar-refractivity contribution in [1.29, 1.82) is 0 Å². The summed E-state index contributed by atoms with van der Waals surface area (Å²) in [6, 6.07) is 15.0. The summed E-state index contributed by atoms with van der Waals surface area (Å²) in [5.74, 6) is -2.89. The van der Waals surface area contributed by atoms with Gasteiger partial charge in [-0.05, 0) is 17.2 Å². The molecule has 0 unspecified atom stereocenters. The molecular weight excluding hydrogens is 452 g/mol. The fraction of sp³-hybridized carbons (Fsp3) is 0.308. The quantitative estimate of drug-likeness (QED) is 0.418. The Morgan fingerprint density at radius 3 is 2.47 bits per heavy atom. The number of nitrogens with zero attached hydrogens (tertiary/aromatic N) is 4. The second kappa shape index (κ2) is 9.44. The summed E-state index contributed by atoms with van der Waals surface area (Å²) in [5, 5.41) is 7.70. The highest BCUT2D eigenvalue weighted by atomic mass is 32.2. The number of piperazine rings is 1. The Morgan fingerprint density at radius 1 is 0.971 bits per heavy atom. The molecule has 5 rings (SSSR count). The van der Waals surface area contributed by atoms with E-state index in [4.69, 9.17) is 0 Å². The molecule has 0 radical (unpaired) electrons. The maximum Gasteiger partial charge on any atom is 0.285 e. The summed E-state index contributed by atoms with van der Waals surface area (Å²) in [7, 11) is 0.169. The zero-order valence-electron chi connectivity index (χ0n) is 19.3. The molecule has 0 amide bonds. The zero-order chi connectivity index (χ0) is 23.7. The maximum absolute atomic E-state index is 14.8. The standard InChI is InChI=1S/C26H28F2N5S/c1-34(2)23-5-3-4-20(14-23)24-16-31-33-17-21(15-30-25(24)33)19-6-8-22(9-7-19)26(27,28)18-32-12-10-29-11-13-32/h3-9,14-17,29H,10-13,18H2,1-2H3/q+1. The monoisotopic (exact) mass is 480 g/mol. The lowest BCUT2D eigenvalue weighted by Gasteiger charge is -2.30. The molecule has 2 aromatic heterocycles. The van der Waals surface area contributed by atoms with Gasteiger partial charge >= 0.3 is 0 Å². The van der Waals surface area contributed by atoms with Gasteiger partial charge in [0.05, 0.1) is 12.7 Å². The van der Waals surface area contributed by atoms with Crippen LogP contribution in [0.3, 0.4) is 0 Å². The van der Waals surface area contributed by atoms with Gasteiger partial charge in [-0.15, -0.1) is 0 Å². The third kappa shape index (κ3) is 4.71. The first-order chi connectivity index (χ1) is 16.4. The SMILES string of the molecule is C[S+](C)c1cccc(-c2cnn3cc(-c4ccc(C(F)(F)CN5CCNCC5)cc4)cnc23)c1. The minimum absolute atomic E-state index is 0.0379. The van der Waals surface area contributed by atoms with E-state index in [0.29, 0.717) is 13.1 Å². The van der Waals surface area contributed by atoms with Crippen LogP contribution in [0.5, 0.6) is 0 Å². The van der Waals surface area contributed by atoms with Crippen LogP contribution in [0, 0.1) is 0 Å². The Morgan fingerprint density at radius 2 is 1.74 bits per heavy atom. The van der Waals surface area contributed by atoms with E-state index in [-0.39, 0.29) is 23.0 Å². The van der Waals surface area contributed by atoms with E-state index in [2.05, 4.69) is 52.2 Å². The molecule has 0 saturated carbocycles. The van der Waals surface area contributed by atoms with Crippen molar-refractivity contribution in [2.45, 2.75) is 10.8 Å². The average molecular weight is 481 g/mol. The first-order valence-corrected chi connectivity index (χ1v) is 13.4. The predicted molar refractivity (Wildman–Crippen MR) is 135 cm³/mol. The van der Waals surface area contributed by atoms with E-state index in [1.54, 1.807) is 22.8 Å². The highest BCUT2D eigenvalue weighted by Crippen LogP contribution is 2.32. The molecule has 0 atom stereocenters. The maximum atomic E-state index is 14.8. The highest BCUT2D eigenvalue weighted by molar-refractivity contribution is 7.95. The number of halogens is 2. The summed E-state index contributed by atoms with van der Waals surface area (Å²) in [4.78, 5) is 7.77. The van der Waals surface area contributed by atoms with Gasteiger partial charge in [-0.1, -0.05) is 36.4 Å². The molecule has 2 aromatic carbocycles. The molecule has 0 bridgehead atoms. The molecule has 1 aliphatic rings. The van der Waals surface area contributed by atoms with Gasteiger partial charge in [0, 0.05) is 72.2 Å². The second-order valence-electron chi connectivity index (χ2n) is 8.82. The van der Waals surface area contributed by atoms with Crippen LogP contribution in [0.2, 0.25) is 0 Å². The minimum Gasteiger partial charge on any atom is -0.314 e. The van der Waals surface area contributed by atoms with Gasteiger partial charge < -0.3 is 5.32 Å². The van der Waals surface area contributed by atoms with Crippen LogP contribution in [0.15, 0.2) is 72.0 Å². The molecule has 1 aliphatic heterocycles. The Kier molecular flexibility index (Phi) is 6.38. The van der Waals surface area contributed by atoms with Crippen molar-refractivity contribution >= 4 is 16.5 Å². The number of hydrogen-bond donors (Lipinski definition) is 1. The third-order valence-corrected chi connectivity index (χ3v) is 7.44. The van der Waals surface area contributed by atoms with Crippen LogP contribution in [-0.2, 0) is 16.8 Å². The summed E-state index contributed by atoms with van der Waals surface area (Å²) in [6.07, 6.45) is 9.91. The van der Waals surface area contributed by atoms with Gasteiger partial charge in [0.2, 0.25) is 0 Å². The van der Waals surface area contributed by atoms with Crippen molar-refractivity contribution in [3.8, 4) is 22.3 Å². The molecule has 8 heteroatoms. The van der Waals surface area contributed by atoms with Crippen LogP contribution in [-0.4, -0.2) is 64.7 Å². The Labute approximate surface area is 201 Å². The van der Waals surface area contributed by atoms with Gasteiger partial charge in [0.15, 0.2) is 10.5 Å². The summed E-state index contributed by atoms with van der Waals surface area (Å²) >= 11 is 0. The summed E-state index contributed by atoms with van der Waals surface area (Å²) in [5.41, 5.74) is 4.53. The fourth-order valence-electron chi connectivity index (χ4n) is 4.29. The average Bonchev–Trinajstić information content (AvgIpc) is 3.28. The van der Waals surface area contributed by atoms with E-state index in [0.717, 1.165) is 41.0 Å². The molecular formula is C26H28F2N5S+. The van der Waals surface area contributed by atoms with Crippen LogP contribution >= 0.6 is 0 Å². The van der Waals surface area contributed by atoms with E-state index in [1.807, 2.05) is 17.3 Å². The molecule has 4 aromatic rings. The highest BCUT2D eigenvalue weighted by Gasteiger charge is 2.34. The number of rotatable bonds is 6. The topological polar surface area (TPSA) is 45.5 Å². The molecule has 5 nitrogen and oxygen atoms in total. The van der Waals surface area contributed by atoms with E-state index < -0.39 is 5.92 Å². The Bertz CT molecular complexity index is 1280. The Balaban J connectivity index is 1.38. The molecule has 0 aliphatic carbocycles.